The summed E-state index contributed by atoms with van der Waals surface area (Å²) in [6, 6.07) is 13.2. The molecule has 0 saturated carbocycles. The van der Waals surface area contributed by atoms with Crippen molar-refractivity contribution < 1.29 is 14.3 Å². The van der Waals surface area contributed by atoms with Crippen molar-refractivity contribution in [2.24, 2.45) is 5.92 Å². The first kappa shape index (κ1) is 21.1. The van der Waals surface area contributed by atoms with Gasteiger partial charge in [0.2, 0.25) is 0 Å². The second kappa shape index (κ2) is 8.83. The number of rotatable bonds is 7. The molecule has 0 aliphatic rings. The standard InChI is InChI=1S/C24H26ClNO3/c1-5-8-21-22(23(27)15(2)3)18-13-16(24(28)29-4)11-12-20(18)26(21)14-17-9-6-7-10-19(17)25/h6-7,9-13,15H,5,8,14H2,1-4H3. The van der Waals surface area contributed by atoms with E-state index in [1.807, 2.05) is 44.2 Å². The molecule has 0 atom stereocenters. The molecule has 152 valence electrons. The van der Waals surface area contributed by atoms with Crippen molar-refractivity contribution in [1.29, 1.82) is 0 Å². The Bertz CT molecular complexity index is 1070. The van der Waals surface area contributed by atoms with Crippen LogP contribution in [0, 0.1) is 5.92 Å². The van der Waals surface area contributed by atoms with Gasteiger partial charge < -0.3 is 9.30 Å². The number of hydrogen-bond acceptors (Lipinski definition) is 3. The topological polar surface area (TPSA) is 48.3 Å². The molecule has 0 N–H and O–H groups in total. The second-order valence-electron chi connectivity index (χ2n) is 7.49. The number of carbonyl (C=O) groups is 2. The summed E-state index contributed by atoms with van der Waals surface area (Å²) in [5.41, 5.74) is 4.04. The molecule has 1 aromatic heterocycles. The highest BCUT2D eigenvalue weighted by Crippen LogP contribution is 2.32. The zero-order valence-corrected chi connectivity index (χ0v) is 18.0. The fraction of sp³-hybridized carbons (Fsp3) is 0.333. The first-order chi connectivity index (χ1) is 13.9. The van der Waals surface area contributed by atoms with Crippen LogP contribution in [0.15, 0.2) is 42.5 Å². The number of fused-ring (bicyclic) bond motifs is 1. The van der Waals surface area contributed by atoms with E-state index in [2.05, 4.69) is 11.5 Å². The normalized spacial score (nSPS) is 11.2. The molecule has 0 radical (unpaired) electrons. The number of ketones is 1. The maximum Gasteiger partial charge on any atom is 0.337 e. The van der Waals surface area contributed by atoms with Crippen LogP contribution in [0.25, 0.3) is 10.9 Å². The van der Waals surface area contributed by atoms with Gasteiger partial charge in [-0.25, -0.2) is 4.79 Å². The van der Waals surface area contributed by atoms with Gasteiger partial charge in [-0.1, -0.05) is 57.0 Å². The lowest BCUT2D eigenvalue weighted by Gasteiger charge is -2.13. The third-order valence-electron chi connectivity index (χ3n) is 5.14. The lowest BCUT2D eigenvalue weighted by Crippen LogP contribution is -2.12. The molecule has 0 unspecified atom stereocenters. The molecule has 0 bridgehead atoms. The number of aromatic nitrogens is 1. The highest BCUT2D eigenvalue weighted by Gasteiger charge is 2.25. The lowest BCUT2D eigenvalue weighted by molar-refractivity contribution is 0.0600. The minimum Gasteiger partial charge on any atom is -0.465 e. The van der Waals surface area contributed by atoms with Crippen LogP contribution in [-0.2, 0) is 17.7 Å². The third kappa shape index (κ3) is 4.08. The summed E-state index contributed by atoms with van der Waals surface area (Å²) in [5.74, 6) is -0.476. The SMILES string of the molecule is CCCc1c(C(=O)C(C)C)c2cc(C(=O)OC)ccc2n1Cc1ccccc1Cl. The number of ether oxygens (including phenoxy) is 1. The fourth-order valence-electron chi connectivity index (χ4n) is 3.69. The number of esters is 1. The van der Waals surface area contributed by atoms with Gasteiger partial charge in [0.05, 0.1) is 12.7 Å². The van der Waals surface area contributed by atoms with E-state index in [9.17, 15) is 9.59 Å². The number of halogens is 1. The van der Waals surface area contributed by atoms with Crippen LogP contribution in [0.3, 0.4) is 0 Å². The summed E-state index contributed by atoms with van der Waals surface area (Å²) in [7, 11) is 1.36. The van der Waals surface area contributed by atoms with Gasteiger partial charge in [-0.05, 0) is 36.2 Å². The van der Waals surface area contributed by atoms with E-state index in [1.54, 1.807) is 12.1 Å². The van der Waals surface area contributed by atoms with E-state index in [0.717, 1.165) is 35.0 Å². The van der Waals surface area contributed by atoms with Crippen LogP contribution in [0.4, 0.5) is 0 Å². The van der Waals surface area contributed by atoms with Gasteiger partial charge in [0.15, 0.2) is 5.78 Å². The van der Waals surface area contributed by atoms with Crippen molar-refractivity contribution in [2.75, 3.05) is 7.11 Å². The zero-order chi connectivity index (χ0) is 21.1. The van der Waals surface area contributed by atoms with Crippen molar-refractivity contribution in [3.05, 3.63) is 69.9 Å². The molecule has 0 fully saturated rings. The molecule has 0 spiro atoms. The van der Waals surface area contributed by atoms with Crippen molar-refractivity contribution >= 4 is 34.3 Å². The number of benzene rings is 2. The van der Waals surface area contributed by atoms with Gasteiger partial charge >= 0.3 is 5.97 Å². The minimum atomic E-state index is -0.411. The van der Waals surface area contributed by atoms with Crippen molar-refractivity contribution in [3.63, 3.8) is 0 Å². The van der Waals surface area contributed by atoms with Crippen molar-refractivity contribution in [1.82, 2.24) is 4.57 Å². The molecular formula is C24H26ClNO3. The highest BCUT2D eigenvalue weighted by molar-refractivity contribution is 6.31. The first-order valence-corrected chi connectivity index (χ1v) is 10.3. The van der Waals surface area contributed by atoms with Gasteiger partial charge in [-0.15, -0.1) is 0 Å². The number of methoxy groups -OCH3 is 1. The third-order valence-corrected chi connectivity index (χ3v) is 5.50. The number of Topliss-reactive ketones (excluding diaryl/α,β-unsaturated/α-hetero) is 1. The Kier molecular flexibility index (Phi) is 6.43. The number of hydrogen-bond donors (Lipinski definition) is 0. The molecule has 3 aromatic rings. The molecule has 0 amide bonds. The molecule has 0 aliphatic carbocycles. The number of nitrogens with zero attached hydrogens (tertiary/aromatic N) is 1. The van der Waals surface area contributed by atoms with E-state index in [-0.39, 0.29) is 11.7 Å². The van der Waals surface area contributed by atoms with E-state index in [1.165, 1.54) is 7.11 Å². The predicted molar refractivity (Wildman–Crippen MR) is 117 cm³/mol. The smallest absolute Gasteiger partial charge is 0.337 e. The van der Waals surface area contributed by atoms with Crippen molar-refractivity contribution in [3.8, 4) is 0 Å². The van der Waals surface area contributed by atoms with Gasteiger partial charge in [0, 0.05) is 39.6 Å². The highest BCUT2D eigenvalue weighted by atomic mass is 35.5. The van der Waals surface area contributed by atoms with Crippen LogP contribution in [0.5, 0.6) is 0 Å². The van der Waals surface area contributed by atoms with Crippen LogP contribution in [0.2, 0.25) is 5.02 Å². The molecule has 4 nitrogen and oxygen atoms in total. The Morgan fingerprint density at radius 2 is 1.86 bits per heavy atom. The van der Waals surface area contributed by atoms with Gasteiger partial charge in [-0.3, -0.25) is 4.79 Å². The second-order valence-corrected chi connectivity index (χ2v) is 7.90. The van der Waals surface area contributed by atoms with E-state index in [0.29, 0.717) is 22.7 Å². The summed E-state index contributed by atoms with van der Waals surface area (Å²) in [4.78, 5) is 25.3. The van der Waals surface area contributed by atoms with Crippen molar-refractivity contribution in [2.45, 2.75) is 40.2 Å². The molecule has 29 heavy (non-hydrogen) atoms. The summed E-state index contributed by atoms with van der Waals surface area (Å²) in [5, 5.41) is 1.49. The maximum atomic E-state index is 13.2. The molecule has 2 aromatic carbocycles. The maximum absolute atomic E-state index is 13.2. The predicted octanol–water partition coefficient (Wildman–Crippen LogP) is 5.92. The van der Waals surface area contributed by atoms with Crippen LogP contribution < -0.4 is 0 Å². The van der Waals surface area contributed by atoms with E-state index in [4.69, 9.17) is 16.3 Å². The Morgan fingerprint density at radius 1 is 1.14 bits per heavy atom. The minimum absolute atomic E-state index is 0.0818. The first-order valence-electron chi connectivity index (χ1n) is 9.90. The van der Waals surface area contributed by atoms with E-state index < -0.39 is 5.97 Å². The average molecular weight is 412 g/mol. The number of carbonyl (C=O) groups excluding carboxylic acids is 2. The van der Waals surface area contributed by atoms with Gasteiger partial charge in [-0.2, -0.15) is 0 Å². The Hall–Kier alpha value is -2.59. The molecule has 0 aliphatic heterocycles. The Labute approximate surface area is 176 Å². The summed E-state index contributed by atoms with van der Waals surface area (Å²) in [6.07, 6.45) is 1.67. The molecule has 0 saturated heterocycles. The zero-order valence-electron chi connectivity index (χ0n) is 17.3. The summed E-state index contributed by atoms with van der Waals surface area (Å²) < 4.78 is 7.04. The fourth-order valence-corrected chi connectivity index (χ4v) is 3.89. The largest absolute Gasteiger partial charge is 0.465 e. The Balaban J connectivity index is 2.31. The molecule has 1 heterocycles. The molecular weight excluding hydrogens is 386 g/mol. The lowest BCUT2D eigenvalue weighted by atomic mass is 9.96. The van der Waals surface area contributed by atoms with Crippen LogP contribution in [-0.4, -0.2) is 23.4 Å². The summed E-state index contributed by atoms with van der Waals surface area (Å²) in [6.45, 7) is 6.47. The summed E-state index contributed by atoms with van der Waals surface area (Å²) >= 11 is 6.42. The quantitative estimate of drug-likeness (QED) is 0.358. The van der Waals surface area contributed by atoms with Gasteiger partial charge in [0.1, 0.15) is 0 Å². The van der Waals surface area contributed by atoms with Crippen LogP contribution in [0.1, 0.15) is 59.2 Å². The van der Waals surface area contributed by atoms with E-state index >= 15 is 0 Å². The molecule has 5 heteroatoms. The van der Waals surface area contributed by atoms with Gasteiger partial charge in [0.25, 0.3) is 0 Å². The molecule has 3 rings (SSSR count). The Morgan fingerprint density at radius 3 is 2.48 bits per heavy atom. The average Bonchev–Trinajstić information content (AvgIpc) is 3.01. The van der Waals surface area contributed by atoms with Crippen LogP contribution >= 0.6 is 11.6 Å². The monoisotopic (exact) mass is 411 g/mol.